The number of nitrogens with zero attached hydrogens (tertiary/aromatic N) is 1. The van der Waals surface area contributed by atoms with Crippen molar-refractivity contribution in [3.8, 4) is 44.5 Å². The van der Waals surface area contributed by atoms with E-state index in [0.717, 1.165) is 16.5 Å². The Morgan fingerprint density at radius 3 is 1.64 bits per heavy atom. The van der Waals surface area contributed by atoms with Crippen LogP contribution in [0.2, 0.25) is 0 Å². The molecular formula is C44H27N. The summed E-state index contributed by atoms with van der Waals surface area (Å²) in [5, 5.41) is 3.80. The number of hydrogen-bond acceptors (Lipinski definition) is 1. The smallest absolute Gasteiger partial charge is 0.0725 e. The summed E-state index contributed by atoms with van der Waals surface area (Å²) in [5.74, 6) is 0. The normalized spacial score (nSPS) is 13.5. The highest BCUT2D eigenvalue weighted by atomic mass is 14.6. The maximum absolute atomic E-state index is 4.70. The fourth-order valence-corrected chi connectivity index (χ4v) is 8.27. The van der Waals surface area contributed by atoms with Crippen LogP contribution in [0.5, 0.6) is 0 Å². The van der Waals surface area contributed by atoms with E-state index in [1.165, 1.54) is 72.0 Å². The maximum atomic E-state index is 4.70. The van der Waals surface area contributed by atoms with Gasteiger partial charge in [0, 0.05) is 17.1 Å². The molecule has 2 aliphatic carbocycles. The van der Waals surface area contributed by atoms with Crippen molar-refractivity contribution in [3.05, 3.63) is 186 Å². The second kappa shape index (κ2) is 9.11. The Morgan fingerprint density at radius 2 is 0.933 bits per heavy atom. The fraction of sp³-hybridized carbons (Fsp3) is 0.0227. The first kappa shape index (κ1) is 24.6. The standard InChI is InChI=1S/C44H27N/c1-8-19-42-30(10-1)26-31(27-45-42)28-20-22-29(23-21-28)32-24-25-37-35-13-4-7-17-40(35)44(41-18-9-14-36(32)43(37)41)38-15-5-2-11-33(38)34-12-3-6-16-39(34)44/h1-27H. The van der Waals surface area contributed by atoms with Gasteiger partial charge >= 0.3 is 0 Å². The molecule has 1 spiro atoms. The first-order valence-electron chi connectivity index (χ1n) is 15.6. The Balaban J connectivity index is 1.21. The Morgan fingerprint density at radius 1 is 0.378 bits per heavy atom. The summed E-state index contributed by atoms with van der Waals surface area (Å²) in [4.78, 5) is 4.70. The minimum absolute atomic E-state index is 0.373. The third-order valence-electron chi connectivity index (χ3n) is 10.1. The first-order chi connectivity index (χ1) is 22.3. The van der Waals surface area contributed by atoms with Gasteiger partial charge in [-0.05, 0) is 84.1 Å². The molecule has 0 bridgehead atoms. The summed E-state index contributed by atoms with van der Waals surface area (Å²) >= 11 is 0. The van der Waals surface area contributed by atoms with Crippen molar-refractivity contribution in [1.82, 2.24) is 4.98 Å². The molecule has 0 fully saturated rings. The summed E-state index contributed by atoms with van der Waals surface area (Å²) < 4.78 is 0. The minimum atomic E-state index is -0.373. The zero-order valence-corrected chi connectivity index (χ0v) is 24.5. The molecule has 2 aliphatic rings. The van der Waals surface area contributed by atoms with Crippen LogP contribution >= 0.6 is 0 Å². The lowest BCUT2D eigenvalue weighted by molar-refractivity contribution is 0.773. The van der Waals surface area contributed by atoms with Crippen molar-refractivity contribution in [1.29, 1.82) is 0 Å². The van der Waals surface area contributed by atoms with Crippen LogP contribution in [0.25, 0.3) is 66.2 Å². The van der Waals surface area contributed by atoms with Gasteiger partial charge in [0.25, 0.3) is 0 Å². The molecule has 0 saturated carbocycles. The molecule has 0 N–H and O–H groups in total. The fourth-order valence-electron chi connectivity index (χ4n) is 8.27. The van der Waals surface area contributed by atoms with E-state index in [1.54, 1.807) is 0 Å². The van der Waals surface area contributed by atoms with Crippen LogP contribution in [0.15, 0.2) is 164 Å². The third kappa shape index (κ3) is 3.25. The molecular weight excluding hydrogens is 542 g/mol. The van der Waals surface area contributed by atoms with E-state index < -0.39 is 0 Å². The van der Waals surface area contributed by atoms with Crippen molar-refractivity contribution in [2.45, 2.75) is 5.41 Å². The average molecular weight is 570 g/mol. The van der Waals surface area contributed by atoms with Crippen LogP contribution in [0, 0.1) is 0 Å². The van der Waals surface area contributed by atoms with Crippen molar-refractivity contribution in [3.63, 3.8) is 0 Å². The van der Waals surface area contributed by atoms with E-state index in [0.29, 0.717) is 0 Å². The van der Waals surface area contributed by atoms with E-state index in [2.05, 4.69) is 152 Å². The molecule has 0 atom stereocenters. The molecule has 0 aliphatic heterocycles. The predicted molar refractivity (Wildman–Crippen MR) is 186 cm³/mol. The second-order valence-electron chi connectivity index (χ2n) is 12.3. The molecule has 0 unspecified atom stereocenters. The van der Waals surface area contributed by atoms with Crippen molar-refractivity contribution in [2.75, 3.05) is 0 Å². The van der Waals surface area contributed by atoms with Crippen molar-refractivity contribution < 1.29 is 0 Å². The van der Waals surface area contributed by atoms with E-state index in [-0.39, 0.29) is 5.41 Å². The number of para-hydroxylation sites is 1. The zero-order valence-electron chi connectivity index (χ0n) is 24.5. The second-order valence-corrected chi connectivity index (χ2v) is 12.3. The van der Waals surface area contributed by atoms with Gasteiger partial charge in [0.1, 0.15) is 0 Å². The number of pyridine rings is 1. The van der Waals surface area contributed by atoms with Gasteiger partial charge in [-0.2, -0.15) is 0 Å². The molecule has 0 radical (unpaired) electrons. The van der Waals surface area contributed by atoms with E-state index >= 15 is 0 Å². The van der Waals surface area contributed by atoms with E-state index in [4.69, 9.17) is 4.98 Å². The molecule has 1 aromatic heterocycles. The highest BCUT2D eigenvalue weighted by molar-refractivity contribution is 6.11. The van der Waals surface area contributed by atoms with Crippen LogP contribution in [0.4, 0.5) is 0 Å². The molecule has 1 heteroatoms. The molecule has 45 heavy (non-hydrogen) atoms. The van der Waals surface area contributed by atoms with Crippen LogP contribution in [0.3, 0.4) is 0 Å². The van der Waals surface area contributed by atoms with Crippen LogP contribution in [0.1, 0.15) is 22.3 Å². The molecule has 0 saturated heterocycles. The lowest BCUT2D eigenvalue weighted by Crippen LogP contribution is -2.31. The number of rotatable bonds is 2. The lowest BCUT2D eigenvalue weighted by Gasteiger charge is -2.40. The lowest BCUT2D eigenvalue weighted by atomic mass is 9.61. The monoisotopic (exact) mass is 569 g/mol. The number of hydrogen-bond donors (Lipinski definition) is 0. The maximum Gasteiger partial charge on any atom is 0.0725 e. The minimum Gasteiger partial charge on any atom is -0.256 e. The zero-order chi connectivity index (χ0) is 29.5. The molecule has 7 aromatic carbocycles. The van der Waals surface area contributed by atoms with Gasteiger partial charge in [0.15, 0.2) is 0 Å². The van der Waals surface area contributed by atoms with Gasteiger partial charge in [-0.15, -0.1) is 0 Å². The van der Waals surface area contributed by atoms with Crippen molar-refractivity contribution >= 4 is 21.7 Å². The third-order valence-corrected chi connectivity index (χ3v) is 10.1. The predicted octanol–water partition coefficient (Wildman–Crippen LogP) is 11.1. The Kier molecular flexibility index (Phi) is 4.99. The molecule has 0 amide bonds. The molecule has 10 rings (SSSR count). The number of aromatic nitrogens is 1. The molecule has 1 heterocycles. The SMILES string of the molecule is c1ccc2c(c1)-c1ccccc1C21c2ccccc2-c2ccc(-c3ccc(-c4cnc5ccccc5c4)cc3)c3cccc1c23. The van der Waals surface area contributed by atoms with Crippen LogP contribution in [-0.2, 0) is 5.41 Å². The summed E-state index contributed by atoms with van der Waals surface area (Å²) in [7, 11) is 0. The quantitative estimate of drug-likeness (QED) is 0.202. The highest BCUT2D eigenvalue weighted by Gasteiger charge is 2.49. The summed E-state index contributed by atoms with van der Waals surface area (Å²) in [6.07, 6.45) is 1.98. The summed E-state index contributed by atoms with van der Waals surface area (Å²) in [5.41, 5.74) is 16.2. The largest absolute Gasteiger partial charge is 0.256 e. The Hall–Kier alpha value is -5.79. The molecule has 208 valence electrons. The highest BCUT2D eigenvalue weighted by Crippen LogP contribution is 2.62. The van der Waals surface area contributed by atoms with Crippen LogP contribution in [-0.4, -0.2) is 4.98 Å². The van der Waals surface area contributed by atoms with Gasteiger partial charge in [0.2, 0.25) is 0 Å². The van der Waals surface area contributed by atoms with Gasteiger partial charge in [0.05, 0.1) is 10.9 Å². The Bertz CT molecular complexity index is 2440. The average Bonchev–Trinajstić information content (AvgIpc) is 3.41. The summed E-state index contributed by atoms with van der Waals surface area (Å²) in [6, 6.07) is 58.2. The topological polar surface area (TPSA) is 12.9 Å². The van der Waals surface area contributed by atoms with E-state index in [9.17, 15) is 0 Å². The number of fused-ring (bicyclic) bond motifs is 10. The van der Waals surface area contributed by atoms with Crippen molar-refractivity contribution in [2.24, 2.45) is 0 Å². The van der Waals surface area contributed by atoms with Gasteiger partial charge in [-0.1, -0.05) is 146 Å². The van der Waals surface area contributed by atoms with E-state index in [1.807, 2.05) is 12.3 Å². The molecule has 1 nitrogen and oxygen atoms in total. The van der Waals surface area contributed by atoms with Crippen LogP contribution < -0.4 is 0 Å². The Labute approximate surface area is 262 Å². The van der Waals surface area contributed by atoms with Gasteiger partial charge in [-0.3, -0.25) is 4.98 Å². The van der Waals surface area contributed by atoms with Gasteiger partial charge < -0.3 is 0 Å². The first-order valence-corrected chi connectivity index (χ1v) is 15.6. The molecule has 8 aromatic rings. The van der Waals surface area contributed by atoms with Gasteiger partial charge in [-0.25, -0.2) is 0 Å². The number of benzene rings is 7. The summed E-state index contributed by atoms with van der Waals surface area (Å²) in [6.45, 7) is 0.